The molecule has 1 nitrogen and oxygen atoms in total. The average molecular weight is 182 g/mol. The molecule has 1 rings (SSSR count). The molecule has 13 heavy (non-hydrogen) atoms. The maximum absolute atomic E-state index is 10.0. The molecule has 0 saturated heterocycles. The topological polar surface area (TPSA) is 20.2 Å². The van der Waals surface area contributed by atoms with Gasteiger partial charge in [0.2, 0.25) is 0 Å². The molecule has 0 saturated carbocycles. The Morgan fingerprint density at radius 2 is 1.92 bits per heavy atom. The fourth-order valence-corrected chi connectivity index (χ4v) is 2.43. The molecule has 0 aliphatic heterocycles. The highest BCUT2D eigenvalue weighted by Crippen LogP contribution is 2.36. The number of hydrogen-bond acceptors (Lipinski definition) is 1. The number of rotatable bonds is 3. The molecule has 1 heteroatoms. The summed E-state index contributed by atoms with van der Waals surface area (Å²) in [6, 6.07) is 0. The summed E-state index contributed by atoms with van der Waals surface area (Å²) in [6.45, 7) is 6.11. The Hall–Kier alpha value is -0.300. The van der Waals surface area contributed by atoms with Gasteiger partial charge < -0.3 is 5.11 Å². The van der Waals surface area contributed by atoms with Crippen LogP contribution in [0, 0.1) is 11.8 Å². The minimum Gasteiger partial charge on any atom is -0.390 e. The predicted octanol–water partition coefficient (Wildman–Crippen LogP) is 3.14. The molecule has 0 fully saturated rings. The summed E-state index contributed by atoms with van der Waals surface area (Å²) in [5.74, 6) is 1.15. The molecule has 1 aliphatic carbocycles. The highest BCUT2D eigenvalue weighted by Gasteiger charge is 2.33. The Bertz CT molecular complexity index is 176. The van der Waals surface area contributed by atoms with Gasteiger partial charge in [0.05, 0.1) is 5.60 Å². The number of hydrogen-bond donors (Lipinski definition) is 1. The highest BCUT2D eigenvalue weighted by molar-refractivity contribution is 4.98. The summed E-state index contributed by atoms with van der Waals surface area (Å²) in [5.41, 5.74) is -0.509. The Morgan fingerprint density at radius 1 is 1.31 bits per heavy atom. The smallest absolute Gasteiger partial charge is 0.0625 e. The SMILES string of the molecule is CCCC1CC=CCC1C(C)(C)O. The lowest BCUT2D eigenvalue weighted by atomic mass is 9.72. The van der Waals surface area contributed by atoms with E-state index < -0.39 is 5.60 Å². The fraction of sp³-hybridized carbons (Fsp3) is 0.833. The molecule has 2 atom stereocenters. The van der Waals surface area contributed by atoms with Crippen LogP contribution in [0.15, 0.2) is 12.2 Å². The van der Waals surface area contributed by atoms with Gasteiger partial charge in [-0.1, -0.05) is 31.9 Å². The maximum Gasteiger partial charge on any atom is 0.0625 e. The summed E-state index contributed by atoms with van der Waals surface area (Å²) in [5, 5.41) is 10.0. The molecule has 2 unspecified atom stereocenters. The largest absolute Gasteiger partial charge is 0.390 e. The summed E-state index contributed by atoms with van der Waals surface area (Å²) < 4.78 is 0. The zero-order chi connectivity index (χ0) is 9.90. The molecule has 76 valence electrons. The number of aliphatic hydroxyl groups is 1. The predicted molar refractivity (Wildman–Crippen MR) is 56.6 cm³/mol. The molecule has 0 aromatic carbocycles. The van der Waals surface area contributed by atoms with E-state index in [1.807, 2.05) is 13.8 Å². The van der Waals surface area contributed by atoms with Gasteiger partial charge in [0.25, 0.3) is 0 Å². The van der Waals surface area contributed by atoms with Crippen molar-refractivity contribution in [2.75, 3.05) is 0 Å². The lowest BCUT2D eigenvalue weighted by molar-refractivity contribution is -0.0132. The third-order valence-electron chi connectivity index (χ3n) is 3.13. The van der Waals surface area contributed by atoms with Gasteiger partial charge in [-0.15, -0.1) is 0 Å². The third-order valence-corrected chi connectivity index (χ3v) is 3.13. The summed E-state index contributed by atoms with van der Waals surface area (Å²) in [7, 11) is 0. The van der Waals surface area contributed by atoms with E-state index in [1.54, 1.807) is 0 Å². The van der Waals surface area contributed by atoms with Gasteiger partial charge in [-0.3, -0.25) is 0 Å². The second-order valence-electron chi connectivity index (χ2n) is 4.75. The van der Waals surface area contributed by atoms with E-state index in [-0.39, 0.29) is 0 Å². The first-order valence-electron chi connectivity index (χ1n) is 5.43. The average Bonchev–Trinajstić information content (AvgIpc) is 2.04. The zero-order valence-electron chi connectivity index (χ0n) is 9.09. The van der Waals surface area contributed by atoms with Crippen molar-refractivity contribution in [1.29, 1.82) is 0 Å². The van der Waals surface area contributed by atoms with Crippen molar-refractivity contribution in [3.63, 3.8) is 0 Å². The normalized spacial score (nSPS) is 29.2. The Kier molecular flexibility index (Phi) is 3.55. The van der Waals surface area contributed by atoms with Crippen LogP contribution in [-0.4, -0.2) is 10.7 Å². The molecule has 0 amide bonds. The van der Waals surface area contributed by atoms with Gasteiger partial charge in [-0.05, 0) is 38.5 Å². The van der Waals surface area contributed by atoms with E-state index in [0.717, 1.165) is 12.8 Å². The van der Waals surface area contributed by atoms with E-state index in [2.05, 4.69) is 19.1 Å². The third kappa shape index (κ3) is 2.84. The molecule has 0 aromatic heterocycles. The van der Waals surface area contributed by atoms with Gasteiger partial charge in [0.15, 0.2) is 0 Å². The van der Waals surface area contributed by atoms with Crippen molar-refractivity contribution in [1.82, 2.24) is 0 Å². The Morgan fingerprint density at radius 3 is 2.46 bits per heavy atom. The van der Waals surface area contributed by atoms with Crippen molar-refractivity contribution >= 4 is 0 Å². The van der Waals surface area contributed by atoms with Crippen molar-refractivity contribution in [2.45, 2.75) is 52.1 Å². The Labute approximate surface area is 81.9 Å². The second-order valence-corrected chi connectivity index (χ2v) is 4.75. The van der Waals surface area contributed by atoms with Crippen molar-refractivity contribution in [3.8, 4) is 0 Å². The van der Waals surface area contributed by atoms with Crippen molar-refractivity contribution in [2.24, 2.45) is 11.8 Å². The van der Waals surface area contributed by atoms with Crippen LogP contribution in [0.3, 0.4) is 0 Å². The van der Waals surface area contributed by atoms with Gasteiger partial charge in [0, 0.05) is 0 Å². The molecule has 1 aliphatic rings. The molecule has 0 spiro atoms. The second kappa shape index (κ2) is 4.28. The van der Waals surface area contributed by atoms with Crippen LogP contribution in [-0.2, 0) is 0 Å². The minimum absolute atomic E-state index is 0.456. The van der Waals surface area contributed by atoms with E-state index in [0.29, 0.717) is 11.8 Å². The maximum atomic E-state index is 10.0. The van der Waals surface area contributed by atoms with Gasteiger partial charge in [-0.2, -0.15) is 0 Å². The lowest BCUT2D eigenvalue weighted by Gasteiger charge is -2.37. The molecule has 0 bridgehead atoms. The number of allylic oxidation sites excluding steroid dienone is 2. The minimum atomic E-state index is -0.509. The van der Waals surface area contributed by atoms with Crippen LogP contribution >= 0.6 is 0 Å². The first-order chi connectivity index (χ1) is 6.05. The van der Waals surface area contributed by atoms with E-state index in [1.165, 1.54) is 12.8 Å². The summed E-state index contributed by atoms with van der Waals surface area (Å²) >= 11 is 0. The van der Waals surface area contributed by atoms with Crippen LogP contribution in [0.25, 0.3) is 0 Å². The van der Waals surface area contributed by atoms with Crippen LogP contribution in [0.5, 0.6) is 0 Å². The van der Waals surface area contributed by atoms with Crippen LogP contribution in [0.2, 0.25) is 0 Å². The summed E-state index contributed by atoms with van der Waals surface area (Å²) in [4.78, 5) is 0. The van der Waals surface area contributed by atoms with E-state index >= 15 is 0 Å². The lowest BCUT2D eigenvalue weighted by Crippen LogP contribution is -2.37. The molecular formula is C12H22O. The zero-order valence-corrected chi connectivity index (χ0v) is 9.09. The van der Waals surface area contributed by atoms with Crippen LogP contribution < -0.4 is 0 Å². The molecule has 0 radical (unpaired) electrons. The van der Waals surface area contributed by atoms with Gasteiger partial charge >= 0.3 is 0 Å². The monoisotopic (exact) mass is 182 g/mol. The quantitative estimate of drug-likeness (QED) is 0.665. The van der Waals surface area contributed by atoms with Crippen LogP contribution in [0.4, 0.5) is 0 Å². The Balaban J connectivity index is 2.64. The van der Waals surface area contributed by atoms with Gasteiger partial charge in [-0.25, -0.2) is 0 Å². The molecular weight excluding hydrogens is 160 g/mol. The highest BCUT2D eigenvalue weighted by atomic mass is 16.3. The molecule has 0 heterocycles. The first kappa shape index (κ1) is 10.8. The van der Waals surface area contributed by atoms with E-state index in [9.17, 15) is 5.11 Å². The van der Waals surface area contributed by atoms with Crippen molar-refractivity contribution in [3.05, 3.63) is 12.2 Å². The van der Waals surface area contributed by atoms with Crippen molar-refractivity contribution < 1.29 is 5.11 Å². The van der Waals surface area contributed by atoms with E-state index in [4.69, 9.17) is 0 Å². The molecule has 0 aromatic rings. The van der Waals surface area contributed by atoms with Gasteiger partial charge in [0.1, 0.15) is 0 Å². The van der Waals surface area contributed by atoms with Crippen LogP contribution in [0.1, 0.15) is 46.5 Å². The molecule has 1 N–H and O–H groups in total. The fourth-order valence-electron chi connectivity index (χ4n) is 2.43. The summed E-state index contributed by atoms with van der Waals surface area (Å²) in [6.07, 6.45) is 9.16. The first-order valence-corrected chi connectivity index (χ1v) is 5.43. The standard InChI is InChI=1S/C12H22O/c1-4-7-10-8-5-6-9-11(10)12(2,3)13/h5-6,10-11,13H,4,7-9H2,1-3H3.